The van der Waals surface area contributed by atoms with Crippen LogP contribution in [0, 0.1) is 11.3 Å². The molecule has 0 aliphatic heterocycles. The van der Waals surface area contributed by atoms with E-state index < -0.39 is 0 Å². The summed E-state index contributed by atoms with van der Waals surface area (Å²) in [5.74, 6) is 0.747. The summed E-state index contributed by atoms with van der Waals surface area (Å²) in [7, 11) is 0. The number of ether oxygens (including phenoxy) is 1. The number of rotatable bonds is 4. The smallest absolute Gasteiger partial charge is 0.174 e. The van der Waals surface area contributed by atoms with Gasteiger partial charge in [0.15, 0.2) is 6.61 Å². The first kappa shape index (κ1) is 8.89. The first-order valence-electron chi connectivity index (χ1n) is 4.75. The minimum atomic E-state index is 0.104. The number of hydrogen-bond donors (Lipinski definition) is 1. The first-order chi connectivity index (χ1) is 6.88. The van der Waals surface area contributed by atoms with Crippen molar-refractivity contribution in [2.24, 2.45) is 0 Å². The van der Waals surface area contributed by atoms with Crippen LogP contribution in [0.15, 0.2) is 24.3 Å². The Bertz CT molecular complexity index is 353. The van der Waals surface area contributed by atoms with E-state index in [0.29, 0.717) is 6.04 Å². The van der Waals surface area contributed by atoms with Gasteiger partial charge in [0.05, 0.1) is 0 Å². The topological polar surface area (TPSA) is 45.0 Å². The van der Waals surface area contributed by atoms with Crippen LogP contribution in [-0.2, 0) is 0 Å². The predicted octanol–water partition coefficient (Wildman–Crippen LogP) is 2.16. The summed E-state index contributed by atoms with van der Waals surface area (Å²) in [4.78, 5) is 0. The van der Waals surface area contributed by atoms with E-state index in [1.165, 1.54) is 12.8 Å². The molecule has 0 radical (unpaired) electrons. The van der Waals surface area contributed by atoms with Gasteiger partial charge in [0.2, 0.25) is 0 Å². The van der Waals surface area contributed by atoms with Gasteiger partial charge in [-0.15, -0.1) is 0 Å². The molecule has 0 heterocycles. The van der Waals surface area contributed by atoms with Crippen LogP contribution in [0.25, 0.3) is 0 Å². The van der Waals surface area contributed by atoms with E-state index in [1.54, 1.807) is 0 Å². The third kappa shape index (κ3) is 2.40. The van der Waals surface area contributed by atoms with Gasteiger partial charge in [-0.05, 0) is 25.0 Å². The summed E-state index contributed by atoms with van der Waals surface area (Å²) in [5, 5.41) is 11.7. The zero-order chi connectivity index (χ0) is 9.80. The molecule has 0 aromatic heterocycles. The zero-order valence-electron chi connectivity index (χ0n) is 7.86. The van der Waals surface area contributed by atoms with Gasteiger partial charge < -0.3 is 10.1 Å². The molecule has 3 nitrogen and oxygen atoms in total. The maximum atomic E-state index is 8.36. The molecule has 14 heavy (non-hydrogen) atoms. The summed E-state index contributed by atoms with van der Waals surface area (Å²) in [6.45, 7) is 0.104. The highest BCUT2D eigenvalue weighted by Crippen LogP contribution is 2.26. The Labute approximate surface area is 83.3 Å². The van der Waals surface area contributed by atoms with Crippen LogP contribution in [0.3, 0.4) is 0 Å². The maximum Gasteiger partial charge on any atom is 0.174 e. The van der Waals surface area contributed by atoms with E-state index in [-0.39, 0.29) is 6.61 Å². The maximum absolute atomic E-state index is 8.36. The van der Waals surface area contributed by atoms with Crippen LogP contribution < -0.4 is 10.1 Å². The summed E-state index contributed by atoms with van der Waals surface area (Å²) in [6.07, 6.45) is 2.51. The molecule has 1 aliphatic rings. The minimum Gasteiger partial charge on any atom is -0.479 e. The van der Waals surface area contributed by atoms with Gasteiger partial charge in [0.1, 0.15) is 11.8 Å². The summed E-state index contributed by atoms with van der Waals surface area (Å²) >= 11 is 0. The normalized spacial score (nSPS) is 14.5. The van der Waals surface area contributed by atoms with E-state index in [2.05, 4.69) is 5.32 Å². The fourth-order valence-corrected chi connectivity index (χ4v) is 1.25. The van der Waals surface area contributed by atoms with Gasteiger partial charge in [-0.2, -0.15) is 5.26 Å². The molecule has 1 saturated carbocycles. The Morgan fingerprint density at radius 1 is 1.50 bits per heavy atom. The minimum absolute atomic E-state index is 0.104. The van der Waals surface area contributed by atoms with Crippen LogP contribution in [0.2, 0.25) is 0 Å². The lowest BCUT2D eigenvalue weighted by molar-refractivity contribution is 0.368. The molecule has 0 bridgehead atoms. The molecule has 1 aromatic carbocycles. The molecule has 3 heteroatoms. The summed E-state index contributed by atoms with van der Waals surface area (Å²) < 4.78 is 5.20. The van der Waals surface area contributed by atoms with E-state index in [1.807, 2.05) is 30.3 Å². The second-order valence-electron chi connectivity index (χ2n) is 3.39. The fourth-order valence-electron chi connectivity index (χ4n) is 1.25. The van der Waals surface area contributed by atoms with E-state index >= 15 is 0 Å². The largest absolute Gasteiger partial charge is 0.479 e. The monoisotopic (exact) mass is 188 g/mol. The molecule has 2 rings (SSSR count). The molecule has 0 atom stereocenters. The summed E-state index contributed by atoms with van der Waals surface area (Å²) in [6, 6.07) is 10.3. The number of anilines is 1. The SMILES string of the molecule is N#CCOc1cccc(NC2CC2)c1. The molecule has 0 spiro atoms. The Morgan fingerprint density at radius 3 is 3.07 bits per heavy atom. The van der Waals surface area contributed by atoms with Crippen LogP contribution in [0.4, 0.5) is 5.69 Å². The van der Waals surface area contributed by atoms with E-state index in [0.717, 1.165) is 11.4 Å². The van der Waals surface area contributed by atoms with Crippen molar-refractivity contribution in [3.63, 3.8) is 0 Å². The van der Waals surface area contributed by atoms with Crippen molar-refractivity contribution in [2.75, 3.05) is 11.9 Å². The quantitative estimate of drug-likeness (QED) is 0.787. The Balaban J connectivity index is 1.98. The molecular formula is C11H12N2O. The number of nitriles is 1. The highest BCUT2D eigenvalue weighted by Gasteiger charge is 2.20. The lowest BCUT2D eigenvalue weighted by Crippen LogP contribution is -2.01. The second-order valence-corrected chi connectivity index (χ2v) is 3.39. The van der Waals surface area contributed by atoms with Crippen molar-refractivity contribution < 1.29 is 4.74 Å². The molecule has 0 saturated heterocycles. The number of hydrogen-bond acceptors (Lipinski definition) is 3. The van der Waals surface area contributed by atoms with Gasteiger partial charge in [0.25, 0.3) is 0 Å². The Hall–Kier alpha value is -1.69. The van der Waals surface area contributed by atoms with Crippen molar-refractivity contribution in [3.8, 4) is 11.8 Å². The van der Waals surface area contributed by atoms with Gasteiger partial charge in [0, 0.05) is 17.8 Å². The molecule has 1 aliphatic carbocycles. The molecule has 1 fully saturated rings. The summed E-state index contributed by atoms with van der Waals surface area (Å²) in [5.41, 5.74) is 1.07. The number of nitrogens with zero attached hydrogens (tertiary/aromatic N) is 1. The van der Waals surface area contributed by atoms with Gasteiger partial charge in [-0.25, -0.2) is 0 Å². The number of nitrogens with one attached hydrogen (secondary N) is 1. The number of benzene rings is 1. The zero-order valence-corrected chi connectivity index (χ0v) is 7.86. The second kappa shape index (κ2) is 4.01. The molecule has 0 unspecified atom stereocenters. The lowest BCUT2D eigenvalue weighted by Gasteiger charge is -2.06. The van der Waals surface area contributed by atoms with Crippen molar-refractivity contribution >= 4 is 5.69 Å². The van der Waals surface area contributed by atoms with Crippen LogP contribution in [-0.4, -0.2) is 12.6 Å². The lowest BCUT2D eigenvalue weighted by atomic mass is 10.3. The standard InChI is InChI=1S/C11H12N2O/c12-6-7-14-11-3-1-2-10(8-11)13-9-4-5-9/h1-3,8-9,13H,4-5,7H2. The Morgan fingerprint density at radius 2 is 2.36 bits per heavy atom. The third-order valence-corrected chi connectivity index (χ3v) is 2.09. The van der Waals surface area contributed by atoms with Gasteiger partial charge >= 0.3 is 0 Å². The van der Waals surface area contributed by atoms with Crippen molar-refractivity contribution in [1.82, 2.24) is 0 Å². The molecule has 0 amide bonds. The molecule has 1 aromatic rings. The highest BCUT2D eigenvalue weighted by molar-refractivity contribution is 5.49. The van der Waals surface area contributed by atoms with E-state index in [4.69, 9.17) is 10.00 Å². The van der Waals surface area contributed by atoms with E-state index in [9.17, 15) is 0 Å². The fraction of sp³-hybridized carbons (Fsp3) is 0.364. The van der Waals surface area contributed by atoms with Crippen molar-refractivity contribution in [1.29, 1.82) is 5.26 Å². The van der Waals surface area contributed by atoms with Gasteiger partial charge in [-0.3, -0.25) is 0 Å². The predicted molar refractivity (Wildman–Crippen MR) is 54.2 cm³/mol. The van der Waals surface area contributed by atoms with Crippen molar-refractivity contribution in [2.45, 2.75) is 18.9 Å². The average Bonchev–Trinajstić information content (AvgIpc) is 2.99. The van der Waals surface area contributed by atoms with Crippen LogP contribution >= 0.6 is 0 Å². The first-order valence-corrected chi connectivity index (χ1v) is 4.75. The molecule has 1 N–H and O–H groups in total. The van der Waals surface area contributed by atoms with Crippen LogP contribution in [0.1, 0.15) is 12.8 Å². The third-order valence-electron chi connectivity index (χ3n) is 2.09. The molecular weight excluding hydrogens is 176 g/mol. The van der Waals surface area contributed by atoms with Crippen molar-refractivity contribution in [3.05, 3.63) is 24.3 Å². The highest BCUT2D eigenvalue weighted by atomic mass is 16.5. The van der Waals surface area contributed by atoms with Crippen LogP contribution in [0.5, 0.6) is 5.75 Å². The average molecular weight is 188 g/mol. The Kier molecular flexibility index (Phi) is 2.55. The molecule has 72 valence electrons. The van der Waals surface area contributed by atoms with Gasteiger partial charge in [-0.1, -0.05) is 6.07 Å².